The van der Waals surface area contributed by atoms with Crippen LogP contribution in [0.1, 0.15) is 78.2 Å². The lowest BCUT2D eigenvalue weighted by Gasteiger charge is -2.42. The Hall–Kier alpha value is -2.76. The van der Waals surface area contributed by atoms with Crippen molar-refractivity contribution in [1.82, 2.24) is 9.97 Å². The summed E-state index contributed by atoms with van der Waals surface area (Å²) >= 11 is 0. The van der Waals surface area contributed by atoms with Crippen molar-refractivity contribution in [3.63, 3.8) is 0 Å². The van der Waals surface area contributed by atoms with Gasteiger partial charge in [-0.25, -0.2) is 9.78 Å². The molecule has 0 unspecified atom stereocenters. The number of carboxylic acid groups (broad SMARTS) is 1. The number of nitrogens with one attached hydrogen (secondary N) is 1. The molecule has 6 heteroatoms. The molecule has 0 radical (unpaired) electrons. The monoisotopic (exact) mass is 368 g/mol. The van der Waals surface area contributed by atoms with E-state index >= 15 is 0 Å². The number of hydrogen-bond acceptors (Lipinski definition) is 4. The summed E-state index contributed by atoms with van der Waals surface area (Å²) in [7, 11) is 0. The summed E-state index contributed by atoms with van der Waals surface area (Å²) in [5, 5.41) is 8.89. The van der Waals surface area contributed by atoms with Crippen molar-refractivity contribution in [3.8, 4) is 0 Å². The van der Waals surface area contributed by atoms with E-state index in [2.05, 4.69) is 49.8 Å². The van der Waals surface area contributed by atoms with Crippen LogP contribution in [-0.4, -0.2) is 26.8 Å². The quantitative estimate of drug-likeness (QED) is 0.807. The Balaban J connectivity index is 1.91. The number of carbonyl (C=O) groups is 2. The molecule has 0 aliphatic heterocycles. The molecule has 1 aromatic heterocycles. The average molecular weight is 368 g/mol. The number of ketones is 1. The van der Waals surface area contributed by atoms with Gasteiger partial charge in [0.25, 0.3) is 5.56 Å². The Morgan fingerprint density at radius 1 is 1.11 bits per heavy atom. The highest BCUT2D eigenvalue weighted by Crippen LogP contribution is 2.45. The van der Waals surface area contributed by atoms with Gasteiger partial charge in [-0.2, -0.15) is 0 Å². The summed E-state index contributed by atoms with van der Waals surface area (Å²) in [6, 6.07) is 6.13. The molecular formula is C21H24N2O4. The topological polar surface area (TPSA) is 100 Å². The van der Waals surface area contributed by atoms with Gasteiger partial charge in [0.1, 0.15) is 5.56 Å². The number of Topliss-reactive ketones (excluding diaryl/α,β-unsaturated/α-hetero) is 1. The molecular weight excluding hydrogens is 344 g/mol. The predicted molar refractivity (Wildman–Crippen MR) is 102 cm³/mol. The number of H-pyrrole nitrogens is 1. The van der Waals surface area contributed by atoms with Crippen LogP contribution in [0.2, 0.25) is 0 Å². The van der Waals surface area contributed by atoms with Gasteiger partial charge in [-0.1, -0.05) is 45.9 Å². The van der Waals surface area contributed by atoms with Crippen molar-refractivity contribution in [1.29, 1.82) is 0 Å². The molecule has 0 fully saturated rings. The summed E-state index contributed by atoms with van der Waals surface area (Å²) in [6.07, 6.45) is 3.22. The van der Waals surface area contributed by atoms with E-state index in [4.69, 9.17) is 5.11 Å². The number of nitrogens with zero attached hydrogens (tertiary/aromatic N) is 1. The smallest absolute Gasteiger partial charge is 0.342 e. The van der Waals surface area contributed by atoms with E-state index in [-0.39, 0.29) is 28.9 Å². The zero-order valence-electron chi connectivity index (χ0n) is 16.0. The fourth-order valence-electron chi connectivity index (χ4n) is 3.70. The minimum absolute atomic E-state index is 0.0413. The van der Waals surface area contributed by atoms with E-state index in [1.807, 2.05) is 6.07 Å². The zero-order valence-corrected chi connectivity index (χ0v) is 16.0. The van der Waals surface area contributed by atoms with Crippen molar-refractivity contribution < 1.29 is 14.7 Å². The van der Waals surface area contributed by atoms with Gasteiger partial charge in [0.15, 0.2) is 5.82 Å². The zero-order chi connectivity index (χ0) is 20.0. The second-order valence-electron chi connectivity index (χ2n) is 8.53. The second kappa shape index (κ2) is 6.44. The molecule has 2 N–H and O–H groups in total. The maximum Gasteiger partial charge on any atom is 0.342 e. The first-order valence-corrected chi connectivity index (χ1v) is 9.01. The van der Waals surface area contributed by atoms with Crippen LogP contribution in [0.4, 0.5) is 0 Å². The van der Waals surface area contributed by atoms with Crippen LogP contribution in [-0.2, 0) is 17.3 Å². The number of rotatable bonds is 4. The highest BCUT2D eigenvalue weighted by atomic mass is 16.4. The van der Waals surface area contributed by atoms with Crippen LogP contribution in [0.5, 0.6) is 0 Å². The van der Waals surface area contributed by atoms with Crippen LogP contribution in [0.15, 0.2) is 29.2 Å². The van der Waals surface area contributed by atoms with Gasteiger partial charge >= 0.3 is 5.97 Å². The first kappa shape index (κ1) is 19.0. The molecule has 1 heterocycles. The molecule has 0 saturated heterocycles. The van der Waals surface area contributed by atoms with E-state index in [0.717, 1.165) is 24.6 Å². The Morgan fingerprint density at radius 3 is 2.33 bits per heavy atom. The number of aromatic carboxylic acids is 1. The first-order chi connectivity index (χ1) is 12.5. The Labute approximate surface area is 157 Å². The molecule has 0 bridgehead atoms. The van der Waals surface area contributed by atoms with E-state index in [1.165, 1.54) is 11.1 Å². The predicted octanol–water partition coefficient (Wildman–Crippen LogP) is 3.24. The van der Waals surface area contributed by atoms with Crippen molar-refractivity contribution in [2.45, 2.75) is 57.8 Å². The standard InChI is InChI=1S/C21H24N2O4/c1-20(2)7-8-21(3,4)15-9-12(5-6-14(15)20)10-16(24)17-22-11-13(19(26)27)18(25)23-17/h5-6,9,11H,7-8,10H2,1-4H3,(H,26,27)(H,22,23,25). The van der Waals surface area contributed by atoms with Crippen LogP contribution >= 0.6 is 0 Å². The number of aromatic amines is 1. The number of carbonyl (C=O) groups excluding carboxylic acids is 1. The summed E-state index contributed by atoms with van der Waals surface area (Å²) in [5.74, 6) is -1.85. The number of benzene rings is 1. The van der Waals surface area contributed by atoms with Crippen LogP contribution < -0.4 is 5.56 Å². The highest BCUT2D eigenvalue weighted by molar-refractivity contribution is 5.94. The molecule has 3 rings (SSSR count). The van der Waals surface area contributed by atoms with Crippen LogP contribution in [0.3, 0.4) is 0 Å². The summed E-state index contributed by atoms with van der Waals surface area (Å²) in [6.45, 7) is 8.92. The first-order valence-electron chi connectivity index (χ1n) is 9.01. The number of carboxylic acids is 1. The van der Waals surface area contributed by atoms with Gasteiger partial charge < -0.3 is 10.1 Å². The molecule has 1 aliphatic carbocycles. The fourth-order valence-corrected chi connectivity index (χ4v) is 3.70. The second-order valence-corrected chi connectivity index (χ2v) is 8.53. The average Bonchev–Trinajstić information content (AvgIpc) is 2.58. The van der Waals surface area contributed by atoms with Gasteiger partial charge in [-0.05, 0) is 40.4 Å². The molecule has 0 saturated carbocycles. The lowest BCUT2D eigenvalue weighted by molar-refractivity contribution is 0.0693. The lowest BCUT2D eigenvalue weighted by atomic mass is 9.63. The third-order valence-corrected chi connectivity index (χ3v) is 5.58. The molecule has 1 aromatic carbocycles. The largest absolute Gasteiger partial charge is 0.477 e. The number of aromatic nitrogens is 2. The van der Waals surface area contributed by atoms with Gasteiger partial charge in [-0.3, -0.25) is 9.59 Å². The SMILES string of the molecule is CC1(C)CCC(C)(C)c2cc(CC(=O)c3ncc(C(=O)O)c(=O)[nH]3)ccc21. The summed E-state index contributed by atoms with van der Waals surface area (Å²) in [4.78, 5) is 41.3. The van der Waals surface area contributed by atoms with Crippen LogP contribution in [0.25, 0.3) is 0 Å². The number of fused-ring (bicyclic) bond motifs is 1. The molecule has 0 amide bonds. The molecule has 6 nitrogen and oxygen atoms in total. The normalized spacial score (nSPS) is 17.2. The Kier molecular flexibility index (Phi) is 4.54. The van der Waals surface area contributed by atoms with E-state index in [0.29, 0.717) is 0 Å². The van der Waals surface area contributed by atoms with Gasteiger partial charge in [0, 0.05) is 12.6 Å². The third-order valence-electron chi connectivity index (χ3n) is 5.58. The molecule has 0 atom stereocenters. The molecule has 1 aliphatic rings. The maximum atomic E-state index is 12.5. The molecule has 0 spiro atoms. The maximum absolute atomic E-state index is 12.5. The minimum Gasteiger partial charge on any atom is -0.477 e. The van der Waals surface area contributed by atoms with E-state index in [9.17, 15) is 14.4 Å². The Morgan fingerprint density at radius 2 is 1.74 bits per heavy atom. The highest BCUT2D eigenvalue weighted by Gasteiger charge is 2.37. The van der Waals surface area contributed by atoms with Crippen molar-refractivity contribution in [2.75, 3.05) is 0 Å². The van der Waals surface area contributed by atoms with E-state index < -0.39 is 17.1 Å². The fraction of sp³-hybridized carbons (Fsp3) is 0.429. The van der Waals surface area contributed by atoms with Crippen molar-refractivity contribution in [3.05, 3.63) is 62.8 Å². The van der Waals surface area contributed by atoms with Crippen molar-refractivity contribution in [2.24, 2.45) is 0 Å². The van der Waals surface area contributed by atoms with Gasteiger partial charge in [0.05, 0.1) is 0 Å². The summed E-state index contributed by atoms with van der Waals surface area (Å²) in [5.41, 5.74) is 2.26. The van der Waals surface area contributed by atoms with Gasteiger partial charge in [0.2, 0.25) is 5.78 Å². The Bertz CT molecular complexity index is 986. The minimum atomic E-state index is -1.37. The van der Waals surface area contributed by atoms with Gasteiger partial charge in [-0.15, -0.1) is 0 Å². The molecule has 27 heavy (non-hydrogen) atoms. The third kappa shape index (κ3) is 3.56. The van der Waals surface area contributed by atoms with Crippen molar-refractivity contribution >= 4 is 11.8 Å². The van der Waals surface area contributed by atoms with Crippen LogP contribution in [0, 0.1) is 0 Å². The molecule has 2 aromatic rings. The van der Waals surface area contributed by atoms with E-state index in [1.54, 1.807) is 0 Å². The summed E-state index contributed by atoms with van der Waals surface area (Å²) < 4.78 is 0. The molecule has 142 valence electrons. The number of hydrogen-bond donors (Lipinski definition) is 2. The lowest BCUT2D eigenvalue weighted by Crippen LogP contribution is -2.34.